The first-order valence-corrected chi connectivity index (χ1v) is 9.08. The lowest BCUT2D eigenvalue weighted by atomic mass is 10.1. The zero-order valence-corrected chi connectivity index (χ0v) is 15.4. The van der Waals surface area contributed by atoms with E-state index in [0.717, 1.165) is 42.0 Å². The molecule has 1 aliphatic rings. The van der Waals surface area contributed by atoms with Crippen LogP contribution < -0.4 is 10.2 Å². The first-order valence-electron chi connectivity index (χ1n) is 9.08. The summed E-state index contributed by atoms with van der Waals surface area (Å²) in [5.74, 6) is 0.0689. The largest absolute Gasteiger partial charge is 0.368 e. The monoisotopic (exact) mass is 351 g/mol. The maximum atomic E-state index is 12.6. The van der Waals surface area contributed by atoms with Crippen LogP contribution >= 0.6 is 0 Å². The third-order valence-corrected chi connectivity index (χ3v) is 4.82. The Kier molecular flexibility index (Phi) is 5.56. The summed E-state index contributed by atoms with van der Waals surface area (Å²) in [5, 5.41) is 3.03. The van der Waals surface area contributed by atoms with Gasteiger partial charge in [-0.15, -0.1) is 0 Å². The van der Waals surface area contributed by atoms with E-state index in [0.29, 0.717) is 13.1 Å². The van der Waals surface area contributed by atoms with E-state index >= 15 is 0 Å². The number of benzene rings is 2. The number of carbonyl (C=O) groups excluding carboxylic acids is 2. The van der Waals surface area contributed by atoms with Gasteiger partial charge in [-0.3, -0.25) is 4.79 Å². The molecule has 2 aromatic carbocycles. The summed E-state index contributed by atoms with van der Waals surface area (Å²) >= 11 is 0. The summed E-state index contributed by atoms with van der Waals surface area (Å²) in [7, 11) is 0. The van der Waals surface area contributed by atoms with Crippen molar-refractivity contribution in [1.29, 1.82) is 0 Å². The lowest BCUT2D eigenvalue weighted by Gasteiger charge is -2.36. The minimum absolute atomic E-state index is 0.0527. The Morgan fingerprint density at radius 1 is 1.00 bits per heavy atom. The SMILES string of the molecule is CCc1ccccc1NC(=O)N1CCN(c2cccc(C(C)=O)c2)CC1. The Bertz CT molecular complexity index is 795. The molecule has 1 aliphatic heterocycles. The van der Waals surface area contributed by atoms with Crippen molar-refractivity contribution in [2.24, 2.45) is 0 Å². The van der Waals surface area contributed by atoms with E-state index in [1.807, 2.05) is 53.4 Å². The molecule has 2 aromatic rings. The molecule has 0 radical (unpaired) electrons. The topological polar surface area (TPSA) is 52.7 Å². The summed E-state index contributed by atoms with van der Waals surface area (Å²) in [6.45, 7) is 6.48. The van der Waals surface area contributed by atoms with E-state index in [1.54, 1.807) is 6.92 Å². The van der Waals surface area contributed by atoms with Crippen LogP contribution in [0, 0.1) is 0 Å². The number of hydrogen-bond acceptors (Lipinski definition) is 3. The van der Waals surface area contributed by atoms with E-state index in [2.05, 4.69) is 17.1 Å². The van der Waals surface area contributed by atoms with Gasteiger partial charge >= 0.3 is 6.03 Å². The van der Waals surface area contributed by atoms with Crippen molar-refractivity contribution < 1.29 is 9.59 Å². The number of nitrogens with zero attached hydrogens (tertiary/aromatic N) is 2. The molecule has 0 spiro atoms. The highest BCUT2D eigenvalue weighted by atomic mass is 16.2. The van der Waals surface area contributed by atoms with Crippen LogP contribution in [0.4, 0.5) is 16.2 Å². The fraction of sp³-hybridized carbons (Fsp3) is 0.333. The number of piperazine rings is 1. The maximum Gasteiger partial charge on any atom is 0.321 e. The van der Waals surface area contributed by atoms with Crippen molar-refractivity contribution in [1.82, 2.24) is 4.90 Å². The summed E-state index contributed by atoms with van der Waals surface area (Å²) in [5.41, 5.74) is 3.78. The highest BCUT2D eigenvalue weighted by Crippen LogP contribution is 2.20. The number of carbonyl (C=O) groups is 2. The van der Waals surface area contributed by atoms with Crippen LogP contribution in [-0.4, -0.2) is 42.9 Å². The number of nitrogens with one attached hydrogen (secondary N) is 1. The highest BCUT2D eigenvalue weighted by Gasteiger charge is 2.22. The van der Waals surface area contributed by atoms with Crippen LogP contribution in [0.1, 0.15) is 29.8 Å². The van der Waals surface area contributed by atoms with Gasteiger partial charge in [0, 0.05) is 43.1 Å². The molecule has 1 fully saturated rings. The van der Waals surface area contributed by atoms with Crippen molar-refractivity contribution in [3.05, 3.63) is 59.7 Å². The van der Waals surface area contributed by atoms with E-state index in [-0.39, 0.29) is 11.8 Å². The van der Waals surface area contributed by atoms with E-state index in [1.165, 1.54) is 0 Å². The number of hydrogen-bond donors (Lipinski definition) is 1. The Hall–Kier alpha value is -2.82. The van der Waals surface area contributed by atoms with Gasteiger partial charge in [-0.1, -0.05) is 37.3 Å². The quantitative estimate of drug-likeness (QED) is 0.853. The lowest BCUT2D eigenvalue weighted by Crippen LogP contribution is -2.50. The van der Waals surface area contributed by atoms with Gasteiger partial charge in [0.1, 0.15) is 0 Å². The number of anilines is 2. The first-order chi connectivity index (χ1) is 12.6. The molecule has 1 saturated heterocycles. The fourth-order valence-corrected chi connectivity index (χ4v) is 3.23. The first kappa shape index (κ1) is 18.0. The zero-order chi connectivity index (χ0) is 18.5. The lowest BCUT2D eigenvalue weighted by molar-refractivity contribution is 0.101. The molecular formula is C21H25N3O2. The molecule has 3 rings (SSSR count). The molecule has 0 bridgehead atoms. The molecule has 1 N–H and O–H groups in total. The average Bonchev–Trinajstić information content (AvgIpc) is 2.68. The summed E-state index contributed by atoms with van der Waals surface area (Å²) in [4.78, 5) is 28.2. The van der Waals surface area contributed by atoms with Crippen LogP contribution in [0.25, 0.3) is 0 Å². The molecule has 136 valence electrons. The minimum Gasteiger partial charge on any atom is -0.368 e. The Labute approximate surface area is 154 Å². The molecule has 5 heteroatoms. The van der Waals surface area contributed by atoms with E-state index in [4.69, 9.17) is 0 Å². The number of para-hydroxylation sites is 1. The highest BCUT2D eigenvalue weighted by molar-refractivity contribution is 5.95. The molecule has 0 atom stereocenters. The van der Waals surface area contributed by atoms with Crippen molar-refractivity contribution in [3.63, 3.8) is 0 Å². The maximum absolute atomic E-state index is 12.6. The van der Waals surface area contributed by atoms with Crippen molar-refractivity contribution in [2.45, 2.75) is 20.3 Å². The number of urea groups is 1. The molecule has 5 nitrogen and oxygen atoms in total. The second-order valence-corrected chi connectivity index (χ2v) is 6.52. The van der Waals surface area contributed by atoms with Crippen LogP contribution in [0.2, 0.25) is 0 Å². The third kappa shape index (κ3) is 4.04. The standard InChI is InChI=1S/C21H25N3O2/c1-3-17-7-4-5-10-20(17)22-21(26)24-13-11-23(12-14-24)19-9-6-8-18(15-19)16(2)25/h4-10,15H,3,11-14H2,1-2H3,(H,22,26). The molecular weight excluding hydrogens is 326 g/mol. The number of aryl methyl sites for hydroxylation is 1. The molecule has 0 aromatic heterocycles. The summed E-state index contributed by atoms with van der Waals surface area (Å²) in [6.07, 6.45) is 0.886. The fourth-order valence-electron chi connectivity index (χ4n) is 3.23. The van der Waals surface area contributed by atoms with Gasteiger partial charge < -0.3 is 15.1 Å². The second-order valence-electron chi connectivity index (χ2n) is 6.52. The zero-order valence-electron chi connectivity index (χ0n) is 15.4. The molecule has 26 heavy (non-hydrogen) atoms. The molecule has 2 amide bonds. The Morgan fingerprint density at radius 3 is 2.42 bits per heavy atom. The average molecular weight is 351 g/mol. The van der Waals surface area contributed by atoms with Crippen molar-refractivity contribution >= 4 is 23.2 Å². The van der Waals surface area contributed by atoms with Crippen LogP contribution in [0.15, 0.2) is 48.5 Å². The summed E-state index contributed by atoms with van der Waals surface area (Å²) < 4.78 is 0. The van der Waals surface area contributed by atoms with Crippen molar-refractivity contribution in [2.75, 3.05) is 36.4 Å². The predicted octanol–water partition coefficient (Wildman–Crippen LogP) is 3.81. The second kappa shape index (κ2) is 8.04. The number of rotatable bonds is 4. The Morgan fingerprint density at radius 2 is 1.73 bits per heavy atom. The molecule has 1 heterocycles. The van der Waals surface area contributed by atoms with Crippen LogP contribution in [-0.2, 0) is 6.42 Å². The van der Waals surface area contributed by atoms with E-state index in [9.17, 15) is 9.59 Å². The molecule has 0 aliphatic carbocycles. The van der Waals surface area contributed by atoms with Gasteiger partial charge in [0.05, 0.1) is 0 Å². The normalized spacial score (nSPS) is 14.2. The number of ketones is 1. The van der Waals surface area contributed by atoms with Gasteiger partial charge in [0.15, 0.2) is 5.78 Å². The predicted molar refractivity (Wildman–Crippen MR) is 105 cm³/mol. The smallest absolute Gasteiger partial charge is 0.321 e. The molecule has 0 unspecified atom stereocenters. The summed E-state index contributed by atoms with van der Waals surface area (Å²) in [6, 6.07) is 15.5. The minimum atomic E-state index is -0.0527. The van der Waals surface area contributed by atoms with Gasteiger partial charge in [-0.2, -0.15) is 0 Å². The van der Waals surface area contributed by atoms with Gasteiger partial charge in [-0.25, -0.2) is 4.79 Å². The third-order valence-electron chi connectivity index (χ3n) is 4.82. The van der Waals surface area contributed by atoms with Crippen molar-refractivity contribution in [3.8, 4) is 0 Å². The van der Waals surface area contributed by atoms with Crippen LogP contribution in [0.5, 0.6) is 0 Å². The Balaban J connectivity index is 1.60. The van der Waals surface area contributed by atoms with Gasteiger partial charge in [0.25, 0.3) is 0 Å². The van der Waals surface area contributed by atoms with E-state index < -0.39 is 0 Å². The van der Waals surface area contributed by atoms with Gasteiger partial charge in [0.2, 0.25) is 0 Å². The number of Topliss-reactive ketones (excluding diaryl/α,β-unsaturated/α-hetero) is 1. The molecule has 0 saturated carbocycles. The number of amides is 2. The van der Waals surface area contributed by atoms with Gasteiger partial charge in [-0.05, 0) is 37.1 Å². The van der Waals surface area contributed by atoms with Crippen LogP contribution in [0.3, 0.4) is 0 Å².